The summed E-state index contributed by atoms with van der Waals surface area (Å²) in [6.07, 6.45) is 0. The lowest BCUT2D eigenvalue weighted by Gasteiger charge is -2.25. The first-order valence-electron chi connectivity index (χ1n) is 4.61. The highest BCUT2D eigenvalue weighted by Gasteiger charge is 2.19. The molecular weight excluding hydrogens is 157 g/mol. The number of rotatable bonds is 2. The van der Waals surface area contributed by atoms with Crippen molar-refractivity contribution in [1.82, 2.24) is 4.90 Å². The van der Waals surface area contributed by atoms with Crippen molar-refractivity contribution in [3.05, 3.63) is 0 Å². The van der Waals surface area contributed by atoms with Gasteiger partial charge < -0.3 is 4.74 Å². The second-order valence-corrected chi connectivity index (χ2v) is 3.68. The van der Waals surface area contributed by atoms with E-state index in [9.17, 15) is 4.39 Å². The molecule has 72 valence electrons. The molecule has 0 aromatic rings. The SMILES string of the molecule is CC(C)N1CCOCC(CF)C1. The van der Waals surface area contributed by atoms with Crippen molar-refractivity contribution >= 4 is 0 Å². The molecule has 1 heterocycles. The third-order valence-corrected chi connectivity index (χ3v) is 2.32. The van der Waals surface area contributed by atoms with Crippen LogP contribution in [-0.2, 0) is 4.74 Å². The number of nitrogens with zero attached hydrogens (tertiary/aromatic N) is 1. The van der Waals surface area contributed by atoms with Gasteiger partial charge in [0.25, 0.3) is 0 Å². The molecule has 0 aromatic heterocycles. The first-order valence-corrected chi connectivity index (χ1v) is 4.61. The van der Waals surface area contributed by atoms with Crippen LogP contribution in [-0.4, -0.2) is 43.9 Å². The molecule has 0 aromatic carbocycles. The molecule has 0 N–H and O–H groups in total. The van der Waals surface area contributed by atoms with Crippen LogP contribution in [0.25, 0.3) is 0 Å². The molecule has 1 aliphatic heterocycles. The van der Waals surface area contributed by atoms with Gasteiger partial charge in [0.2, 0.25) is 0 Å². The van der Waals surface area contributed by atoms with Gasteiger partial charge in [-0.2, -0.15) is 0 Å². The van der Waals surface area contributed by atoms with Crippen molar-refractivity contribution in [3.8, 4) is 0 Å². The molecule has 0 bridgehead atoms. The number of hydrogen-bond donors (Lipinski definition) is 0. The van der Waals surface area contributed by atoms with E-state index in [0.717, 1.165) is 19.7 Å². The molecule has 0 spiro atoms. The van der Waals surface area contributed by atoms with Gasteiger partial charge in [-0.05, 0) is 13.8 Å². The Morgan fingerprint density at radius 3 is 2.92 bits per heavy atom. The third kappa shape index (κ3) is 2.72. The summed E-state index contributed by atoms with van der Waals surface area (Å²) in [5.41, 5.74) is 0. The van der Waals surface area contributed by atoms with Gasteiger partial charge >= 0.3 is 0 Å². The maximum absolute atomic E-state index is 12.4. The second-order valence-electron chi connectivity index (χ2n) is 3.68. The molecule has 3 heteroatoms. The molecule has 0 amide bonds. The molecule has 0 saturated carbocycles. The van der Waals surface area contributed by atoms with Crippen LogP contribution < -0.4 is 0 Å². The fourth-order valence-electron chi connectivity index (χ4n) is 1.47. The Labute approximate surface area is 73.7 Å². The van der Waals surface area contributed by atoms with E-state index in [4.69, 9.17) is 4.74 Å². The highest BCUT2D eigenvalue weighted by atomic mass is 19.1. The fraction of sp³-hybridized carbons (Fsp3) is 1.00. The van der Waals surface area contributed by atoms with Crippen LogP contribution in [0, 0.1) is 5.92 Å². The maximum atomic E-state index is 12.4. The van der Waals surface area contributed by atoms with Crippen LogP contribution in [0.3, 0.4) is 0 Å². The van der Waals surface area contributed by atoms with E-state index in [0.29, 0.717) is 12.6 Å². The van der Waals surface area contributed by atoms with Crippen LogP contribution in [0.2, 0.25) is 0 Å². The van der Waals surface area contributed by atoms with Crippen LogP contribution >= 0.6 is 0 Å². The van der Waals surface area contributed by atoms with Crippen molar-refractivity contribution in [1.29, 1.82) is 0 Å². The smallest absolute Gasteiger partial charge is 0.0956 e. The molecule has 1 unspecified atom stereocenters. The molecule has 0 aliphatic carbocycles. The van der Waals surface area contributed by atoms with Crippen LogP contribution in [0.15, 0.2) is 0 Å². The lowest BCUT2D eigenvalue weighted by molar-refractivity contribution is 0.113. The Balaban J connectivity index is 2.42. The highest BCUT2D eigenvalue weighted by molar-refractivity contribution is 4.71. The van der Waals surface area contributed by atoms with Crippen LogP contribution in [0.5, 0.6) is 0 Å². The van der Waals surface area contributed by atoms with Crippen molar-refractivity contribution in [2.75, 3.05) is 33.0 Å². The Hall–Kier alpha value is -0.150. The molecule has 1 atom stereocenters. The lowest BCUT2D eigenvalue weighted by atomic mass is 10.1. The maximum Gasteiger partial charge on any atom is 0.0956 e. The normalized spacial score (nSPS) is 27.5. The molecule has 1 saturated heterocycles. The minimum atomic E-state index is -0.261. The fourth-order valence-corrected chi connectivity index (χ4v) is 1.47. The Kier molecular flexibility index (Phi) is 3.95. The quantitative estimate of drug-likeness (QED) is 0.627. The van der Waals surface area contributed by atoms with E-state index in [1.807, 2.05) is 0 Å². The van der Waals surface area contributed by atoms with Gasteiger partial charge in [-0.15, -0.1) is 0 Å². The van der Waals surface area contributed by atoms with Gasteiger partial charge in [0.15, 0.2) is 0 Å². The summed E-state index contributed by atoms with van der Waals surface area (Å²) < 4.78 is 17.7. The average molecular weight is 175 g/mol. The number of ether oxygens (including phenoxy) is 1. The Morgan fingerprint density at radius 1 is 1.58 bits per heavy atom. The topological polar surface area (TPSA) is 12.5 Å². The zero-order valence-electron chi connectivity index (χ0n) is 7.92. The molecule has 2 nitrogen and oxygen atoms in total. The van der Waals surface area contributed by atoms with Gasteiger partial charge in [-0.3, -0.25) is 9.29 Å². The second kappa shape index (κ2) is 4.77. The average Bonchev–Trinajstić information content (AvgIpc) is 2.28. The summed E-state index contributed by atoms with van der Waals surface area (Å²) in [5, 5.41) is 0. The van der Waals surface area contributed by atoms with Gasteiger partial charge in [0, 0.05) is 25.0 Å². The largest absolute Gasteiger partial charge is 0.380 e. The van der Waals surface area contributed by atoms with Crippen molar-refractivity contribution in [2.24, 2.45) is 5.92 Å². The summed E-state index contributed by atoms with van der Waals surface area (Å²) in [4.78, 5) is 2.28. The number of alkyl halides is 1. The zero-order chi connectivity index (χ0) is 8.97. The van der Waals surface area contributed by atoms with Gasteiger partial charge in [0.1, 0.15) is 0 Å². The Morgan fingerprint density at radius 2 is 2.33 bits per heavy atom. The minimum Gasteiger partial charge on any atom is -0.380 e. The Bertz CT molecular complexity index is 130. The molecular formula is C9H18FNO. The molecule has 1 fully saturated rings. The molecule has 12 heavy (non-hydrogen) atoms. The van der Waals surface area contributed by atoms with Crippen LogP contribution in [0.1, 0.15) is 13.8 Å². The van der Waals surface area contributed by atoms with E-state index in [1.54, 1.807) is 0 Å². The summed E-state index contributed by atoms with van der Waals surface area (Å²) in [6, 6.07) is 0.501. The lowest BCUT2D eigenvalue weighted by Crippen LogP contribution is -2.36. The van der Waals surface area contributed by atoms with E-state index in [2.05, 4.69) is 18.7 Å². The predicted octanol–water partition coefficient (Wildman–Crippen LogP) is 1.31. The van der Waals surface area contributed by atoms with Crippen molar-refractivity contribution in [2.45, 2.75) is 19.9 Å². The first kappa shape index (κ1) is 9.93. The zero-order valence-corrected chi connectivity index (χ0v) is 7.92. The van der Waals surface area contributed by atoms with Crippen molar-refractivity contribution in [3.63, 3.8) is 0 Å². The molecule has 0 radical (unpaired) electrons. The summed E-state index contributed by atoms with van der Waals surface area (Å²) in [6.45, 7) is 7.13. The monoisotopic (exact) mass is 175 g/mol. The van der Waals surface area contributed by atoms with E-state index >= 15 is 0 Å². The minimum absolute atomic E-state index is 0.0786. The summed E-state index contributed by atoms with van der Waals surface area (Å²) in [5.74, 6) is 0.0786. The first-order chi connectivity index (χ1) is 5.74. The summed E-state index contributed by atoms with van der Waals surface area (Å²) in [7, 11) is 0. The standard InChI is InChI=1S/C9H18FNO/c1-8(2)11-3-4-12-7-9(5-10)6-11/h8-9H,3-7H2,1-2H3. The van der Waals surface area contributed by atoms with Gasteiger partial charge in [-0.25, -0.2) is 0 Å². The van der Waals surface area contributed by atoms with E-state index in [-0.39, 0.29) is 12.6 Å². The van der Waals surface area contributed by atoms with Crippen molar-refractivity contribution < 1.29 is 9.13 Å². The highest BCUT2D eigenvalue weighted by Crippen LogP contribution is 2.10. The number of hydrogen-bond acceptors (Lipinski definition) is 2. The molecule has 1 rings (SSSR count). The molecule has 1 aliphatic rings. The number of halogens is 1. The predicted molar refractivity (Wildman–Crippen MR) is 47.0 cm³/mol. The summed E-state index contributed by atoms with van der Waals surface area (Å²) >= 11 is 0. The van der Waals surface area contributed by atoms with Gasteiger partial charge in [-0.1, -0.05) is 0 Å². The van der Waals surface area contributed by atoms with Gasteiger partial charge in [0.05, 0.1) is 19.9 Å². The third-order valence-electron chi connectivity index (χ3n) is 2.32. The van der Waals surface area contributed by atoms with Crippen LogP contribution in [0.4, 0.5) is 4.39 Å². The van der Waals surface area contributed by atoms with E-state index < -0.39 is 0 Å². The van der Waals surface area contributed by atoms with E-state index in [1.165, 1.54) is 0 Å².